The molecular formula is C13H11BrO2S. The maximum atomic E-state index is 12.1. The van der Waals surface area contributed by atoms with Crippen molar-refractivity contribution in [2.24, 2.45) is 0 Å². The molecule has 0 atom stereocenters. The molecule has 0 aliphatic rings. The average molecular weight is 311 g/mol. The largest absolute Gasteiger partial charge is 0.494 e. The van der Waals surface area contributed by atoms with Crippen LogP contribution < -0.4 is 4.74 Å². The standard InChI is InChI=1S/C13H11BrO2S/c1-2-16-9-5-6-10(11(14)8-9)13(15)12-4-3-7-17-12/h3-8H,2H2,1H3. The van der Waals surface area contributed by atoms with E-state index in [1.54, 1.807) is 6.07 Å². The van der Waals surface area contributed by atoms with E-state index in [4.69, 9.17) is 4.74 Å². The van der Waals surface area contributed by atoms with Crippen LogP contribution >= 0.6 is 27.3 Å². The quantitative estimate of drug-likeness (QED) is 0.793. The van der Waals surface area contributed by atoms with Gasteiger partial charge in [0.05, 0.1) is 11.5 Å². The number of hydrogen-bond donors (Lipinski definition) is 0. The zero-order valence-corrected chi connectivity index (χ0v) is 11.7. The molecule has 0 radical (unpaired) electrons. The highest BCUT2D eigenvalue weighted by Gasteiger charge is 2.13. The Morgan fingerprint density at radius 1 is 1.41 bits per heavy atom. The molecular weight excluding hydrogens is 300 g/mol. The number of rotatable bonds is 4. The van der Waals surface area contributed by atoms with Gasteiger partial charge in [0.15, 0.2) is 0 Å². The van der Waals surface area contributed by atoms with Crippen molar-refractivity contribution >= 4 is 33.0 Å². The van der Waals surface area contributed by atoms with Gasteiger partial charge in [0.1, 0.15) is 5.75 Å². The van der Waals surface area contributed by atoms with Crippen LogP contribution in [0.5, 0.6) is 5.75 Å². The van der Waals surface area contributed by atoms with Gasteiger partial charge in [-0.05, 0) is 52.5 Å². The van der Waals surface area contributed by atoms with Crippen molar-refractivity contribution in [1.82, 2.24) is 0 Å². The fraction of sp³-hybridized carbons (Fsp3) is 0.154. The van der Waals surface area contributed by atoms with Crippen LogP contribution in [-0.4, -0.2) is 12.4 Å². The van der Waals surface area contributed by atoms with E-state index < -0.39 is 0 Å². The van der Waals surface area contributed by atoms with Crippen LogP contribution in [0.4, 0.5) is 0 Å². The van der Waals surface area contributed by atoms with Crippen LogP contribution in [0.1, 0.15) is 22.2 Å². The molecule has 0 saturated heterocycles. The molecule has 17 heavy (non-hydrogen) atoms. The second-order valence-electron chi connectivity index (χ2n) is 3.38. The van der Waals surface area contributed by atoms with Crippen molar-refractivity contribution in [3.63, 3.8) is 0 Å². The minimum absolute atomic E-state index is 0.0370. The topological polar surface area (TPSA) is 26.3 Å². The highest BCUT2D eigenvalue weighted by molar-refractivity contribution is 9.10. The molecule has 1 heterocycles. The Labute approximate surface area is 112 Å². The molecule has 0 aliphatic heterocycles. The highest BCUT2D eigenvalue weighted by atomic mass is 79.9. The van der Waals surface area contributed by atoms with Gasteiger partial charge in [-0.2, -0.15) is 0 Å². The van der Waals surface area contributed by atoms with Crippen molar-refractivity contribution in [3.05, 3.63) is 50.6 Å². The van der Waals surface area contributed by atoms with Gasteiger partial charge in [0.2, 0.25) is 5.78 Å². The molecule has 1 aromatic heterocycles. The molecule has 4 heteroatoms. The summed E-state index contributed by atoms with van der Waals surface area (Å²) in [7, 11) is 0. The maximum absolute atomic E-state index is 12.1. The van der Waals surface area contributed by atoms with Gasteiger partial charge in [0.25, 0.3) is 0 Å². The Bertz CT molecular complexity index is 520. The molecule has 2 rings (SSSR count). The van der Waals surface area contributed by atoms with E-state index in [1.165, 1.54) is 11.3 Å². The first-order chi connectivity index (χ1) is 8.22. The third kappa shape index (κ3) is 2.76. The molecule has 0 bridgehead atoms. The van der Waals surface area contributed by atoms with Gasteiger partial charge in [-0.3, -0.25) is 4.79 Å². The first-order valence-electron chi connectivity index (χ1n) is 5.23. The zero-order chi connectivity index (χ0) is 12.3. The highest BCUT2D eigenvalue weighted by Crippen LogP contribution is 2.26. The summed E-state index contributed by atoms with van der Waals surface area (Å²) < 4.78 is 6.14. The molecule has 0 fully saturated rings. The normalized spacial score (nSPS) is 10.2. The molecule has 0 saturated carbocycles. The van der Waals surface area contributed by atoms with Crippen molar-refractivity contribution in [3.8, 4) is 5.75 Å². The van der Waals surface area contributed by atoms with Gasteiger partial charge in [-0.25, -0.2) is 0 Å². The summed E-state index contributed by atoms with van der Waals surface area (Å²) in [6.07, 6.45) is 0. The van der Waals surface area contributed by atoms with E-state index >= 15 is 0 Å². The third-order valence-corrected chi connectivity index (χ3v) is 3.77. The summed E-state index contributed by atoms with van der Waals surface area (Å²) in [6, 6.07) is 9.13. The predicted octanol–water partition coefficient (Wildman–Crippen LogP) is 4.14. The first-order valence-corrected chi connectivity index (χ1v) is 6.90. The van der Waals surface area contributed by atoms with Crippen molar-refractivity contribution in [2.45, 2.75) is 6.92 Å². The van der Waals surface area contributed by atoms with E-state index in [2.05, 4.69) is 15.9 Å². The van der Waals surface area contributed by atoms with E-state index in [9.17, 15) is 4.79 Å². The maximum Gasteiger partial charge on any atom is 0.204 e. The van der Waals surface area contributed by atoms with Crippen LogP contribution in [-0.2, 0) is 0 Å². The van der Waals surface area contributed by atoms with Crippen LogP contribution in [0.3, 0.4) is 0 Å². The minimum Gasteiger partial charge on any atom is -0.494 e. The van der Waals surface area contributed by atoms with Crippen LogP contribution in [0.2, 0.25) is 0 Å². The lowest BCUT2D eigenvalue weighted by molar-refractivity contribution is 0.104. The molecule has 0 spiro atoms. The number of hydrogen-bond acceptors (Lipinski definition) is 3. The lowest BCUT2D eigenvalue weighted by atomic mass is 10.1. The number of benzene rings is 1. The smallest absolute Gasteiger partial charge is 0.204 e. The Hall–Kier alpha value is -1.13. The number of halogens is 1. The Balaban J connectivity index is 2.31. The Kier molecular flexibility index (Phi) is 3.97. The molecule has 0 N–H and O–H groups in total. The molecule has 0 unspecified atom stereocenters. The van der Waals surface area contributed by atoms with Crippen molar-refractivity contribution < 1.29 is 9.53 Å². The lowest BCUT2D eigenvalue weighted by Gasteiger charge is -2.06. The van der Waals surface area contributed by atoms with Gasteiger partial charge in [-0.15, -0.1) is 11.3 Å². The van der Waals surface area contributed by atoms with Crippen molar-refractivity contribution in [1.29, 1.82) is 0 Å². The van der Waals surface area contributed by atoms with Crippen LogP contribution in [0.15, 0.2) is 40.2 Å². The first kappa shape index (κ1) is 12.3. The summed E-state index contributed by atoms with van der Waals surface area (Å²) in [6.45, 7) is 2.54. The van der Waals surface area contributed by atoms with Crippen LogP contribution in [0.25, 0.3) is 0 Å². The summed E-state index contributed by atoms with van der Waals surface area (Å²) in [5.74, 6) is 0.803. The summed E-state index contributed by atoms with van der Waals surface area (Å²) in [4.78, 5) is 12.9. The monoisotopic (exact) mass is 310 g/mol. The van der Waals surface area contributed by atoms with E-state index in [1.807, 2.05) is 36.6 Å². The minimum atomic E-state index is 0.0370. The second-order valence-corrected chi connectivity index (χ2v) is 5.18. The predicted molar refractivity (Wildman–Crippen MR) is 73.1 cm³/mol. The molecule has 2 aromatic rings. The SMILES string of the molecule is CCOc1ccc(C(=O)c2cccs2)c(Br)c1. The summed E-state index contributed by atoms with van der Waals surface area (Å²) in [5.41, 5.74) is 0.663. The Morgan fingerprint density at radius 3 is 2.82 bits per heavy atom. The van der Waals surface area contributed by atoms with Gasteiger partial charge < -0.3 is 4.74 Å². The Morgan fingerprint density at radius 2 is 2.24 bits per heavy atom. The molecule has 2 nitrogen and oxygen atoms in total. The third-order valence-electron chi connectivity index (χ3n) is 2.24. The molecule has 1 aromatic carbocycles. The second kappa shape index (κ2) is 5.47. The molecule has 88 valence electrons. The van der Waals surface area contributed by atoms with Crippen LogP contribution in [0, 0.1) is 0 Å². The molecule has 0 amide bonds. The average Bonchev–Trinajstić information content (AvgIpc) is 2.82. The van der Waals surface area contributed by atoms with Crippen molar-refractivity contribution in [2.75, 3.05) is 6.61 Å². The van der Waals surface area contributed by atoms with E-state index in [0.29, 0.717) is 12.2 Å². The van der Waals surface area contributed by atoms with Gasteiger partial charge in [-0.1, -0.05) is 6.07 Å². The number of ether oxygens (including phenoxy) is 1. The summed E-state index contributed by atoms with van der Waals surface area (Å²) in [5, 5.41) is 1.90. The number of ketones is 1. The zero-order valence-electron chi connectivity index (χ0n) is 9.27. The summed E-state index contributed by atoms with van der Waals surface area (Å²) >= 11 is 4.85. The molecule has 0 aliphatic carbocycles. The number of carbonyl (C=O) groups excluding carboxylic acids is 1. The lowest BCUT2D eigenvalue weighted by Crippen LogP contribution is -2.00. The number of thiophene rings is 1. The van der Waals surface area contributed by atoms with Gasteiger partial charge in [0, 0.05) is 10.0 Å². The van der Waals surface area contributed by atoms with E-state index in [-0.39, 0.29) is 5.78 Å². The van der Waals surface area contributed by atoms with E-state index in [0.717, 1.165) is 15.1 Å². The van der Waals surface area contributed by atoms with Gasteiger partial charge >= 0.3 is 0 Å². The fourth-order valence-corrected chi connectivity index (χ4v) is 2.69. The fourth-order valence-electron chi connectivity index (χ4n) is 1.48. The number of carbonyl (C=O) groups is 1.